The molecule has 0 aromatic heterocycles. The van der Waals surface area contributed by atoms with Crippen LogP contribution in [-0.2, 0) is 14.8 Å². The number of hydrogen-bond acceptors (Lipinski definition) is 7. The lowest BCUT2D eigenvalue weighted by molar-refractivity contribution is -0.121. The van der Waals surface area contributed by atoms with E-state index in [0.717, 1.165) is 18.2 Å². The molecule has 0 aliphatic carbocycles. The van der Waals surface area contributed by atoms with Crippen LogP contribution in [0.25, 0.3) is 0 Å². The molecular formula is C16H19FN6O4S. The zero-order valence-corrected chi connectivity index (χ0v) is 15.7. The van der Waals surface area contributed by atoms with E-state index >= 15 is 0 Å². The average molecular weight is 410 g/mol. The van der Waals surface area contributed by atoms with Crippen LogP contribution in [0.1, 0.15) is 6.92 Å². The van der Waals surface area contributed by atoms with Gasteiger partial charge in [-0.25, -0.2) is 21.9 Å². The topological polar surface area (TPSA) is 143 Å². The molecule has 28 heavy (non-hydrogen) atoms. The van der Waals surface area contributed by atoms with Crippen LogP contribution in [-0.4, -0.2) is 56.5 Å². The van der Waals surface area contributed by atoms with E-state index in [1.807, 2.05) is 0 Å². The molecule has 3 amide bonds. The number of urea groups is 1. The minimum atomic E-state index is -4.37. The number of sulfonamides is 1. The molecule has 0 radical (unpaired) electrons. The SMILES string of the molecule is C[C@H](NC(=O)CN1C(=O)Nc2ccc(F)cc2S1(=O)=O)C1NCC(C#N)CN1. The fourth-order valence-corrected chi connectivity index (χ4v) is 4.46. The highest BCUT2D eigenvalue weighted by atomic mass is 32.2. The van der Waals surface area contributed by atoms with Gasteiger partial charge in [-0.1, -0.05) is 0 Å². The lowest BCUT2D eigenvalue weighted by atomic mass is 10.1. The van der Waals surface area contributed by atoms with Gasteiger partial charge in [0.1, 0.15) is 17.3 Å². The van der Waals surface area contributed by atoms with E-state index in [2.05, 4.69) is 27.3 Å². The number of fused-ring (bicyclic) bond motifs is 1. The average Bonchev–Trinajstić information content (AvgIpc) is 2.66. The van der Waals surface area contributed by atoms with Gasteiger partial charge in [0.25, 0.3) is 10.0 Å². The highest BCUT2D eigenvalue weighted by Crippen LogP contribution is 2.30. The van der Waals surface area contributed by atoms with E-state index in [1.165, 1.54) is 0 Å². The summed E-state index contributed by atoms with van der Waals surface area (Å²) in [6, 6.07) is 3.66. The molecule has 0 saturated carbocycles. The van der Waals surface area contributed by atoms with Crippen molar-refractivity contribution < 1.29 is 22.4 Å². The molecule has 2 aliphatic rings. The van der Waals surface area contributed by atoms with Gasteiger partial charge in [-0.15, -0.1) is 0 Å². The maximum Gasteiger partial charge on any atom is 0.336 e. The Morgan fingerprint density at radius 1 is 1.43 bits per heavy atom. The molecule has 10 nitrogen and oxygen atoms in total. The van der Waals surface area contributed by atoms with Crippen LogP contribution in [0.2, 0.25) is 0 Å². The quantitative estimate of drug-likeness (QED) is 0.525. The van der Waals surface area contributed by atoms with Gasteiger partial charge in [0.2, 0.25) is 5.91 Å². The van der Waals surface area contributed by atoms with Crippen molar-refractivity contribution in [2.24, 2.45) is 5.92 Å². The maximum absolute atomic E-state index is 13.4. The molecular weight excluding hydrogens is 391 g/mol. The zero-order valence-electron chi connectivity index (χ0n) is 14.9. The third kappa shape index (κ3) is 3.91. The fraction of sp³-hybridized carbons (Fsp3) is 0.438. The van der Waals surface area contributed by atoms with Crippen LogP contribution >= 0.6 is 0 Å². The second-order valence-corrected chi connectivity index (χ2v) is 8.39. The minimum Gasteiger partial charge on any atom is -0.349 e. The number of hydrogen-bond donors (Lipinski definition) is 4. The molecule has 1 fully saturated rings. The van der Waals surface area contributed by atoms with Crippen molar-refractivity contribution in [3.8, 4) is 6.07 Å². The number of nitrogens with one attached hydrogen (secondary N) is 4. The van der Waals surface area contributed by atoms with Gasteiger partial charge in [0.05, 0.1) is 29.9 Å². The molecule has 2 heterocycles. The smallest absolute Gasteiger partial charge is 0.336 e. The largest absolute Gasteiger partial charge is 0.349 e. The highest BCUT2D eigenvalue weighted by molar-refractivity contribution is 7.90. The summed E-state index contributed by atoms with van der Waals surface area (Å²) in [5.41, 5.74) is -0.0425. The summed E-state index contributed by atoms with van der Waals surface area (Å²) >= 11 is 0. The second kappa shape index (κ2) is 7.70. The number of nitrogens with zero attached hydrogens (tertiary/aromatic N) is 2. The number of nitriles is 1. The van der Waals surface area contributed by atoms with Crippen molar-refractivity contribution in [3.63, 3.8) is 0 Å². The lowest BCUT2D eigenvalue weighted by Gasteiger charge is -2.33. The van der Waals surface area contributed by atoms with E-state index in [0.29, 0.717) is 17.4 Å². The summed E-state index contributed by atoms with van der Waals surface area (Å²) in [5.74, 6) is -1.65. The van der Waals surface area contributed by atoms with Gasteiger partial charge in [0.15, 0.2) is 0 Å². The molecule has 1 saturated heterocycles. The molecule has 1 aromatic rings. The zero-order chi connectivity index (χ0) is 20.5. The molecule has 150 valence electrons. The molecule has 1 aromatic carbocycles. The summed E-state index contributed by atoms with van der Waals surface area (Å²) in [6.07, 6.45) is -0.310. The summed E-state index contributed by atoms with van der Waals surface area (Å²) < 4.78 is 39.1. The number of carbonyl (C=O) groups excluding carboxylic acids is 2. The van der Waals surface area contributed by atoms with Crippen molar-refractivity contribution in [1.29, 1.82) is 5.26 Å². The van der Waals surface area contributed by atoms with Crippen LogP contribution in [0.3, 0.4) is 0 Å². The Balaban J connectivity index is 1.67. The van der Waals surface area contributed by atoms with Crippen LogP contribution in [0.5, 0.6) is 0 Å². The number of carbonyl (C=O) groups is 2. The fourth-order valence-electron chi connectivity index (χ4n) is 3.02. The van der Waals surface area contributed by atoms with Crippen molar-refractivity contribution in [1.82, 2.24) is 20.3 Å². The van der Waals surface area contributed by atoms with Crippen LogP contribution in [0, 0.1) is 23.1 Å². The standard InChI is InChI=1S/C16H19FN6O4S/c1-9(15-19-6-10(5-18)7-20-15)21-14(24)8-23-16(25)22-12-3-2-11(17)4-13(12)28(23,26)27/h2-4,9-10,15,19-20H,6-8H2,1H3,(H,21,24)(H,22,25)/t9-,10?,15?/m0/s1. The maximum atomic E-state index is 13.4. The highest BCUT2D eigenvalue weighted by Gasteiger charge is 2.38. The number of halogens is 1. The Bertz CT molecular complexity index is 939. The molecule has 12 heteroatoms. The second-order valence-electron chi connectivity index (χ2n) is 6.56. The van der Waals surface area contributed by atoms with E-state index in [1.54, 1.807) is 6.92 Å². The first-order valence-electron chi connectivity index (χ1n) is 8.51. The van der Waals surface area contributed by atoms with Gasteiger partial charge >= 0.3 is 6.03 Å². The predicted molar refractivity (Wildman–Crippen MR) is 95.8 cm³/mol. The van der Waals surface area contributed by atoms with E-state index < -0.39 is 45.3 Å². The third-order valence-electron chi connectivity index (χ3n) is 4.51. The third-order valence-corrected chi connectivity index (χ3v) is 6.28. The first kappa shape index (κ1) is 20.0. The Morgan fingerprint density at radius 2 is 2.11 bits per heavy atom. The number of anilines is 1. The number of benzene rings is 1. The molecule has 0 bridgehead atoms. The Kier molecular flexibility index (Phi) is 5.50. The van der Waals surface area contributed by atoms with Crippen molar-refractivity contribution in [3.05, 3.63) is 24.0 Å². The molecule has 0 spiro atoms. The molecule has 2 aliphatic heterocycles. The van der Waals surface area contributed by atoms with Gasteiger partial charge < -0.3 is 10.6 Å². The summed E-state index contributed by atoms with van der Waals surface area (Å²) in [4.78, 5) is 24.1. The van der Waals surface area contributed by atoms with E-state index in [-0.39, 0.29) is 17.8 Å². The molecule has 1 atom stereocenters. The number of rotatable bonds is 4. The van der Waals surface area contributed by atoms with Crippen LogP contribution in [0.4, 0.5) is 14.9 Å². The van der Waals surface area contributed by atoms with Crippen molar-refractivity contribution in [2.75, 3.05) is 25.0 Å². The Labute approximate surface area is 161 Å². The summed E-state index contributed by atoms with van der Waals surface area (Å²) in [6.45, 7) is 1.87. The minimum absolute atomic E-state index is 0.0425. The molecule has 0 unspecified atom stereocenters. The van der Waals surface area contributed by atoms with Gasteiger partial charge in [-0.05, 0) is 25.1 Å². The Hall–Kier alpha value is -2.75. The van der Waals surface area contributed by atoms with Crippen LogP contribution < -0.4 is 21.3 Å². The molecule has 3 rings (SSSR count). The van der Waals surface area contributed by atoms with Gasteiger partial charge in [-0.3, -0.25) is 15.4 Å². The molecule has 4 N–H and O–H groups in total. The first-order valence-corrected chi connectivity index (χ1v) is 9.95. The van der Waals surface area contributed by atoms with Crippen molar-refractivity contribution in [2.45, 2.75) is 24.0 Å². The summed E-state index contributed by atoms with van der Waals surface area (Å²) in [5, 5.41) is 20.0. The van der Waals surface area contributed by atoms with E-state index in [9.17, 15) is 22.4 Å². The summed E-state index contributed by atoms with van der Waals surface area (Å²) in [7, 11) is -4.37. The number of amides is 3. The monoisotopic (exact) mass is 410 g/mol. The van der Waals surface area contributed by atoms with Gasteiger partial charge in [-0.2, -0.15) is 5.26 Å². The first-order chi connectivity index (χ1) is 13.2. The van der Waals surface area contributed by atoms with Gasteiger partial charge in [0, 0.05) is 13.1 Å². The Morgan fingerprint density at radius 3 is 2.75 bits per heavy atom. The predicted octanol–water partition coefficient (Wildman–Crippen LogP) is -0.475. The lowest BCUT2D eigenvalue weighted by Crippen LogP contribution is -2.62. The van der Waals surface area contributed by atoms with Crippen molar-refractivity contribution >= 4 is 27.6 Å². The van der Waals surface area contributed by atoms with E-state index in [4.69, 9.17) is 5.26 Å². The normalized spacial score (nSPS) is 24.5. The van der Waals surface area contributed by atoms with Crippen LogP contribution in [0.15, 0.2) is 23.1 Å².